The molecule has 1 aliphatic carbocycles. The van der Waals surface area contributed by atoms with E-state index in [1.165, 1.54) is 22.8 Å². The van der Waals surface area contributed by atoms with Crippen molar-refractivity contribution in [3.05, 3.63) is 47.0 Å². The number of halogens is 1. The van der Waals surface area contributed by atoms with Crippen molar-refractivity contribution in [2.45, 2.75) is 30.4 Å². The molecule has 0 fully saturated rings. The van der Waals surface area contributed by atoms with Crippen molar-refractivity contribution in [2.75, 3.05) is 6.26 Å². The van der Waals surface area contributed by atoms with Crippen LogP contribution in [-0.4, -0.2) is 19.9 Å². The second-order valence-electron chi connectivity index (χ2n) is 5.59. The van der Waals surface area contributed by atoms with E-state index in [0.29, 0.717) is 0 Å². The second-order valence-corrected chi connectivity index (χ2v) is 8.46. The van der Waals surface area contributed by atoms with E-state index < -0.39 is 20.5 Å². The molecule has 2 aromatic rings. The number of aryl methyl sites for hydroxylation is 2. The van der Waals surface area contributed by atoms with Crippen LogP contribution in [0.2, 0.25) is 0 Å². The molecule has 0 radical (unpaired) electrons. The Morgan fingerprint density at radius 1 is 1.10 bits per heavy atom. The van der Waals surface area contributed by atoms with E-state index in [4.69, 9.17) is 11.6 Å². The molecule has 1 aliphatic rings. The first-order valence-electron chi connectivity index (χ1n) is 6.76. The molecule has 2 atom stereocenters. The Hall–Kier alpha value is -1.06. The largest absolute Gasteiger partial charge is 0.229 e. The van der Waals surface area contributed by atoms with Gasteiger partial charge in [0.25, 0.3) is 0 Å². The Balaban J connectivity index is 2.19. The molecule has 0 heterocycles. The first-order chi connectivity index (χ1) is 9.39. The quantitative estimate of drug-likeness (QED) is 0.811. The van der Waals surface area contributed by atoms with Crippen molar-refractivity contribution >= 4 is 32.2 Å². The summed E-state index contributed by atoms with van der Waals surface area (Å²) in [4.78, 5) is 0. The Morgan fingerprint density at radius 2 is 1.75 bits per heavy atom. The normalized spacial score (nSPS) is 17.4. The fourth-order valence-electron chi connectivity index (χ4n) is 2.98. The Labute approximate surface area is 124 Å². The maximum absolute atomic E-state index is 11.7. The van der Waals surface area contributed by atoms with Crippen LogP contribution < -0.4 is 0 Å². The summed E-state index contributed by atoms with van der Waals surface area (Å²) < 4.78 is 23.5. The van der Waals surface area contributed by atoms with Gasteiger partial charge in [0.2, 0.25) is 0 Å². The number of hydrogen-bond donors (Lipinski definition) is 0. The summed E-state index contributed by atoms with van der Waals surface area (Å²) in [5.41, 5.74) is 3.61. The number of alkyl halides is 1. The minimum Gasteiger partial charge on any atom is -0.229 e. The average Bonchev–Trinajstić information content (AvgIpc) is 2.82. The summed E-state index contributed by atoms with van der Waals surface area (Å²) in [6.45, 7) is 1.68. The lowest BCUT2D eigenvalue weighted by atomic mass is 9.97. The van der Waals surface area contributed by atoms with Crippen molar-refractivity contribution in [1.29, 1.82) is 0 Å². The fourth-order valence-corrected chi connectivity index (χ4v) is 4.31. The van der Waals surface area contributed by atoms with Crippen molar-refractivity contribution in [3.63, 3.8) is 0 Å². The van der Waals surface area contributed by atoms with Crippen LogP contribution in [0.3, 0.4) is 0 Å². The van der Waals surface area contributed by atoms with Crippen molar-refractivity contribution < 1.29 is 8.42 Å². The molecule has 2 aromatic carbocycles. The lowest BCUT2D eigenvalue weighted by Crippen LogP contribution is -2.21. The third kappa shape index (κ3) is 2.13. The third-order valence-electron chi connectivity index (χ3n) is 4.30. The average molecular weight is 309 g/mol. The number of rotatable bonds is 3. The molecule has 2 nitrogen and oxygen atoms in total. The van der Waals surface area contributed by atoms with Gasteiger partial charge in [-0.15, -0.1) is 11.6 Å². The van der Waals surface area contributed by atoms with Crippen molar-refractivity contribution in [1.82, 2.24) is 0 Å². The van der Waals surface area contributed by atoms with E-state index in [1.807, 2.05) is 18.2 Å². The van der Waals surface area contributed by atoms with E-state index in [2.05, 4.69) is 12.1 Å². The SMILES string of the molecule is CC(C(Cl)c1ccc2c3c(cccc13)CC2)S(C)(=O)=O. The van der Waals surface area contributed by atoms with Crippen molar-refractivity contribution in [3.8, 4) is 0 Å². The van der Waals surface area contributed by atoms with Gasteiger partial charge in [-0.1, -0.05) is 30.3 Å². The number of benzene rings is 2. The van der Waals surface area contributed by atoms with E-state index in [0.717, 1.165) is 23.8 Å². The molecule has 0 N–H and O–H groups in total. The molecule has 0 amide bonds. The first-order valence-corrected chi connectivity index (χ1v) is 9.15. The number of hydrogen-bond acceptors (Lipinski definition) is 2. The Kier molecular flexibility index (Phi) is 3.30. The molecule has 2 unspecified atom stereocenters. The highest BCUT2D eigenvalue weighted by atomic mass is 35.5. The predicted molar refractivity (Wildman–Crippen MR) is 84.3 cm³/mol. The lowest BCUT2D eigenvalue weighted by Gasteiger charge is -2.19. The summed E-state index contributed by atoms with van der Waals surface area (Å²) in [6, 6.07) is 10.3. The Morgan fingerprint density at radius 3 is 2.40 bits per heavy atom. The highest BCUT2D eigenvalue weighted by Crippen LogP contribution is 2.38. The standard InChI is InChI=1S/C16H17ClO2S/c1-10(20(2,18)19)16(17)14-9-8-12-7-6-11-4-3-5-13(14)15(11)12/h3-5,8-10,16H,6-7H2,1-2H3. The minimum absolute atomic E-state index is 0.519. The van der Waals surface area contributed by atoms with Gasteiger partial charge in [-0.2, -0.15) is 0 Å². The monoisotopic (exact) mass is 308 g/mol. The summed E-state index contributed by atoms with van der Waals surface area (Å²) in [5, 5.41) is 1.27. The van der Waals surface area contributed by atoms with Crippen LogP contribution in [0, 0.1) is 0 Å². The van der Waals surface area contributed by atoms with Crippen LogP contribution in [0.1, 0.15) is 29.0 Å². The van der Waals surface area contributed by atoms with Crippen LogP contribution in [-0.2, 0) is 22.7 Å². The van der Waals surface area contributed by atoms with Gasteiger partial charge < -0.3 is 0 Å². The highest BCUT2D eigenvalue weighted by Gasteiger charge is 2.28. The molecule has 106 valence electrons. The van der Waals surface area contributed by atoms with Crippen molar-refractivity contribution in [2.24, 2.45) is 0 Å². The van der Waals surface area contributed by atoms with Gasteiger partial charge in [-0.25, -0.2) is 8.42 Å². The molecule has 0 bridgehead atoms. The molecule has 0 aliphatic heterocycles. The van der Waals surface area contributed by atoms with Crippen LogP contribution in [0.15, 0.2) is 30.3 Å². The van der Waals surface area contributed by atoms with E-state index in [1.54, 1.807) is 6.92 Å². The van der Waals surface area contributed by atoms with E-state index >= 15 is 0 Å². The van der Waals surface area contributed by atoms with E-state index in [-0.39, 0.29) is 0 Å². The number of sulfone groups is 1. The molecule has 4 heteroatoms. The van der Waals surface area contributed by atoms with Crippen LogP contribution in [0.4, 0.5) is 0 Å². The zero-order valence-corrected chi connectivity index (χ0v) is 13.1. The van der Waals surface area contributed by atoms with Gasteiger partial charge in [0.1, 0.15) is 0 Å². The molecule has 20 heavy (non-hydrogen) atoms. The second kappa shape index (κ2) is 4.74. The molecular formula is C16H17ClO2S. The molecular weight excluding hydrogens is 292 g/mol. The van der Waals surface area contributed by atoms with Gasteiger partial charge in [0.15, 0.2) is 9.84 Å². The van der Waals surface area contributed by atoms with Gasteiger partial charge in [-0.05, 0) is 47.2 Å². The third-order valence-corrected chi connectivity index (χ3v) is 6.68. The summed E-state index contributed by atoms with van der Waals surface area (Å²) in [7, 11) is -3.16. The van der Waals surface area contributed by atoms with Gasteiger partial charge in [-0.3, -0.25) is 0 Å². The predicted octanol–water partition coefficient (Wildman–Crippen LogP) is 3.65. The Bertz CT molecular complexity index is 770. The molecule has 0 saturated heterocycles. The smallest absolute Gasteiger partial charge is 0.151 e. The van der Waals surface area contributed by atoms with Gasteiger partial charge in [0, 0.05) is 6.26 Å². The summed E-state index contributed by atoms with van der Waals surface area (Å²) in [5.74, 6) is 0. The van der Waals surface area contributed by atoms with Gasteiger partial charge >= 0.3 is 0 Å². The molecule has 0 spiro atoms. The molecule has 3 rings (SSSR count). The summed E-state index contributed by atoms with van der Waals surface area (Å²) in [6.07, 6.45) is 3.36. The summed E-state index contributed by atoms with van der Waals surface area (Å²) >= 11 is 6.47. The first kappa shape index (κ1) is 13.9. The molecule has 0 aromatic heterocycles. The maximum atomic E-state index is 11.7. The zero-order chi connectivity index (χ0) is 14.5. The van der Waals surface area contributed by atoms with Crippen LogP contribution in [0.25, 0.3) is 10.8 Å². The zero-order valence-electron chi connectivity index (χ0n) is 11.6. The van der Waals surface area contributed by atoms with Crippen LogP contribution in [0.5, 0.6) is 0 Å². The minimum atomic E-state index is -3.16. The highest BCUT2D eigenvalue weighted by molar-refractivity contribution is 7.91. The topological polar surface area (TPSA) is 34.1 Å². The van der Waals surface area contributed by atoms with Gasteiger partial charge in [0.05, 0.1) is 10.6 Å². The maximum Gasteiger partial charge on any atom is 0.151 e. The molecule has 0 saturated carbocycles. The lowest BCUT2D eigenvalue weighted by molar-refractivity contribution is 0.587. The van der Waals surface area contributed by atoms with E-state index in [9.17, 15) is 8.42 Å². The fraction of sp³-hybridized carbons (Fsp3) is 0.375. The van der Waals surface area contributed by atoms with Crippen LogP contribution >= 0.6 is 11.6 Å².